The van der Waals surface area contributed by atoms with Gasteiger partial charge in [-0.15, -0.1) is 0 Å². The van der Waals surface area contributed by atoms with E-state index in [4.69, 9.17) is 9.15 Å². The highest BCUT2D eigenvalue weighted by molar-refractivity contribution is 7.89. The Morgan fingerprint density at radius 2 is 2.10 bits per heavy atom. The zero-order valence-corrected chi connectivity index (χ0v) is 13.6. The third-order valence-corrected chi connectivity index (χ3v) is 4.57. The largest absolute Gasteiger partial charge is 0.447 e. The van der Waals surface area contributed by atoms with Crippen LogP contribution >= 0.6 is 0 Å². The summed E-state index contributed by atoms with van der Waals surface area (Å²) in [5.41, 5.74) is -0.0521. The molecular weight excluding hydrogens is 292 g/mol. The van der Waals surface area contributed by atoms with Crippen LogP contribution in [0.2, 0.25) is 0 Å². The van der Waals surface area contributed by atoms with Gasteiger partial charge in [-0.1, -0.05) is 0 Å². The van der Waals surface area contributed by atoms with Crippen molar-refractivity contribution in [1.29, 1.82) is 0 Å². The molecule has 1 aromatic rings. The summed E-state index contributed by atoms with van der Waals surface area (Å²) < 4.78 is 37.8. The van der Waals surface area contributed by atoms with Crippen LogP contribution in [0.5, 0.6) is 0 Å². The van der Waals surface area contributed by atoms with Crippen molar-refractivity contribution in [3.63, 3.8) is 0 Å². The first-order valence-corrected chi connectivity index (χ1v) is 8.68. The fourth-order valence-electron chi connectivity index (χ4n) is 2.06. The molecule has 1 unspecified atom stereocenters. The van der Waals surface area contributed by atoms with Crippen LogP contribution in [-0.4, -0.2) is 33.2 Å². The first-order chi connectivity index (χ1) is 9.76. The number of hydrogen-bond donors (Lipinski definition) is 2. The maximum atomic E-state index is 12.2. The molecule has 0 bridgehead atoms. The van der Waals surface area contributed by atoms with Gasteiger partial charge in [-0.3, -0.25) is 0 Å². The number of rotatable bonds is 5. The maximum absolute atomic E-state index is 12.2. The first kappa shape index (κ1) is 16.5. The highest BCUT2D eigenvalue weighted by atomic mass is 32.2. The smallest absolute Gasteiger partial charge is 0.274 e. The van der Waals surface area contributed by atoms with E-state index >= 15 is 0 Å². The van der Waals surface area contributed by atoms with E-state index in [1.54, 1.807) is 6.07 Å². The zero-order chi connectivity index (χ0) is 15.5. The minimum atomic E-state index is -3.62. The molecule has 6 nitrogen and oxygen atoms in total. The molecule has 0 saturated carbocycles. The molecule has 7 heteroatoms. The molecule has 2 heterocycles. The van der Waals surface area contributed by atoms with Gasteiger partial charge in [-0.2, -0.15) is 0 Å². The first-order valence-electron chi connectivity index (χ1n) is 7.20. The summed E-state index contributed by atoms with van der Waals surface area (Å²) in [6.45, 7) is 7.72. The van der Waals surface area contributed by atoms with E-state index in [1.807, 2.05) is 20.8 Å². The van der Waals surface area contributed by atoms with Crippen LogP contribution in [0.3, 0.4) is 0 Å². The van der Waals surface area contributed by atoms with Gasteiger partial charge in [0.1, 0.15) is 5.76 Å². The van der Waals surface area contributed by atoms with Crippen LogP contribution in [0.25, 0.3) is 0 Å². The molecule has 1 saturated heterocycles. The Morgan fingerprint density at radius 1 is 1.33 bits per heavy atom. The van der Waals surface area contributed by atoms with E-state index in [0.29, 0.717) is 25.5 Å². The van der Waals surface area contributed by atoms with Crippen LogP contribution in [0.4, 0.5) is 0 Å². The second-order valence-electron chi connectivity index (χ2n) is 6.36. The lowest BCUT2D eigenvalue weighted by Crippen LogP contribution is -2.40. The van der Waals surface area contributed by atoms with Crippen LogP contribution < -0.4 is 10.0 Å². The predicted octanol–water partition coefficient (Wildman–Crippen LogP) is 1.62. The SMILES string of the molecule is CC(C)(C)NCc1ccc(S(=O)(=O)NC2CCCOC2)o1. The van der Waals surface area contributed by atoms with Crippen LogP contribution in [0.1, 0.15) is 39.4 Å². The lowest BCUT2D eigenvalue weighted by Gasteiger charge is -2.22. The lowest BCUT2D eigenvalue weighted by atomic mass is 10.1. The molecule has 0 aliphatic carbocycles. The van der Waals surface area contributed by atoms with Gasteiger partial charge >= 0.3 is 0 Å². The van der Waals surface area contributed by atoms with Crippen molar-refractivity contribution in [1.82, 2.24) is 10.0 Å². The van der Waals surface area contributed by atoms with Gasteiger partial charge < -0.3 is 14.5 Å². The molecular formula is C14H24N2O4S. The second kappa shape index (κ2) is 6.48. The van der Waals surface area contributed by atoms with Crippen molar-refractivity contribution >= 4 is 10.0 Å². The number of sulfonamides is 1. The molecule has 0 aromatic carbocycles. The monoisotopic (exact) mass is 316 g/mol. The number of ether oxygens (including phenoxy) is 1. The van der Waals surface area contributed by atoms with Crippen LogP contribution in [0, 0.1) is 0 Å². The van der Waals surface area contributed by atoms with E-state index in [2.05, 4.69) is 10.0 Å². The molecule has 2 N–H and O–H groups in total. The van der Waals surface area contributed by atoms with Gasteiger partial charge in [-0.05, 0) is 45.7 Å². The summed E-state index contributed by atoms with van der Waals surface area (Å²) in [5.74, 6) is 0.602. The summed E-state index contributed by atoms with van der Waals surface area (Å²) in [7, 11) is -3.62. The molecule has 1 aliphatic heterocycles. The molecule has 1 fully saturated rings. The molecule has 1 aliphatic rings. The van der Waals surface area contributed by atoms with Crippen molar-refractivity contribution in [3.8, 4) is 0 Å². The average Bonchev–Trinajstić information content (AvgIpc) is 2.86. The van der Waals surface area contributed by atoms with E-state index < -0.39 is 10.0 Å². The minimum Gasteiger partial charge on any atom is -0.447 e. The summed E-state index contributed by atoms with van der Waals surface area (Å²) in [6.07, 6.45) is 1.66. The summed E-state index contributed by atoms with van der Waals surface area (Å²) in [6, 6.07) is 3.00. The predicted molar refractivity (Wildman–Crippen MR) is 79.5 cm³/mol. The molecule has 2 rings (SSSR count). The van der Waals surface area contributed by atoms with Crippen molar-refractivity contribution in [2.75, 3.05) is 13.2 Å². The Balaban J connectivity index is 1.98. The molecule has 0 spiro atoms. The van der Waals surface area contributed by atoms with Gasteiger partial charge in [0.2, 0.25) is 5.09 Å². The number of hydrogen-bond acceptors (Lipinski definition) is 5. The third kappa shape index (κ3) is 5.10. The standard InChI is InChI=1S/C14H24N2O4S/c1-14(2,3)15-9-12-6-7-13(20-12)21(17,18)16-11-5-4-8-19-10-11/h6-7,11,15-16H,4-5,8-10H2,1-3H3. The van der Waals surface area contributed by atoms with Gasteiger partial charge in [-0.25, -0.2) is 13.1 Å². The summed E-state index contributed by atoms with van der Waals surface area (Å²) >= 11 is 0. The van der Waals surface area contributed by atoms with Crippen molar-refractivity contribution in [2.45, 2.75) is 56.8 Å². The molecule has 1 aromatic heterocycles. The van der Waals surface area contributed by atoms with Gasteiger partial charge in [0.05, 0.1) is 13.2 Å². The van der Waals surface area contributed by atoms with E-state index in [9.17, 15) is 8.42 Å². The Morgan fingerprint density at radius 3 is 2.71 bits per heavy atom. The van der Waals surface area contributed by atoms with Gasteiger partial charge in [0.15, 0.2) is 0 Å². The average molecular weight is 316 g/mol. The van der Waals surface area contributed by atoms with E-state index in [1.165, 1.54) is 6.07 Å². The second-order valence-corrected chi connectivity index (χ2v) is 8.00. The van der Waals surface area contributed by atoms with Crippen LogP contribution in [0.15, 0.2) is 21.6 Å². The number of nitrogens with one attached hydrogen (secondary N) is 2. The molecule has 120 valence electrons. The highest BCUT2D eigenvalue weighted by Gasteiger charge is 2.25. The lowest BCUT2D eigenvalue weighted by molar-refractivity contribution is 0.0773. The zero-order valence-electron chi connectivity index (χ0n) is 12.8. The normalized spacial score (nSPS) is 20.6. The van der Waals surface area contributed by atoms with Crippen molar-refractivity contribution in [3.05, 3.63) is 17.9 Å². The van der Waals surface area contributed by atoms with E-state index in [0.717, 1.165) is 12.8 Å². The molecule has 1 atom stereocenters. The third-order valence-electron chi connectivity index (χ3n) is 3.18. The Hall–Kier alpha value is -0.890. The fourth-order valence-corrected chi connectivity index (χ4v) is 3.27. The number of furan rings is 1. The summed E-state index contributed by atoms with van der Waals surface area (Å²) in [5, 5.41) is 3.21. The maximum Gasteiger partial charge on any atom is 0.274 e. The fraction of sp³-hybridized carbons (Fsp3) is 0.714. The van der Waals surface area contributed by atoms with Crippen LogP contribution in [-0.2, 0) is 21.3 Å². The quantitative estimate of drug-likeness (QED) is 0.863. The van der Waals surface area contributed by atoms with E-state index in [-0.39, 0.29) is 16.7 Å². The Bertz CT molecular complexity index is 554. The van der Waals surface area contributed by atoms with Gasteiger partial charge in [0.25, 0.3) is 10.0 Å². The highest BCUT2D eigenvalue weighted by Crippen LogP contribution is 2.17. The van der Waals surface area contributed by atoms with Crippen molar-refractivity contribution < 1.29 is 17.6 Å². The Labute approximate surface area is 126 Å². The minimum absolute atomic E-state index is 0.0428. The topological polar surface area (TPSA) is 80.6 Å². The van der Waals surface area contributed by atoms with Crippen molar-refractivity contribution in [2.24, 2.45) is 0 Å². The molecule has 0 amide bonds. The Kier molecular flexibility index (Phi) is 5.08. The molecule has 21 heavy (non-hydrogen) atoms. The summed E-state index contributed by atoms with van der Waals surface area (Å²) in [4.78, 5) is 0. The van der Waals surface area contributed by atoms with Gasteiger partial charge in [0, 0.05) is 18.2 Å². The molecule has 0 radical (unpaired) electrons.